The minimum absolute atomic E-state index is 0.266. The first-order valence-electron chi connectivity index (χ1n) is 4.07. The Morgan fingerprint density at radius 3 is 2.93 bits per heavy atom. The second-order valence-electron chi connectivity index (χ2n) is 2.81. The number of hydrogen-bond donors (Lipinski definition) is 1. The quantitative estimate of drug-likeness (QED) is 0.786. The van der Waals surface area contributed by atoms with Gasteiger partial charge in [-0.3, -0.25) is 4.57 Å². The predicted molar refractivity (Wildman–Crippen MR) is 55.5 cm³/mol. The van der Waals surface area contributed by atoms with Crippen molar-refractivity contribution < 1.29 is 0 Å². The van der Waals surface area contributed by atoms with Crippen LogP contribution in [0.25, 0.3) is 5.82 Å². The van der Waals surface area contributed by atoms with E-state index in [4.69, 9.17) is 22.6 Å². The second kappa shape index (κ2) is 3.59. The zero-order valence-electron chi connectivity index (χ0n) is 7.55. The minimum atomic E-state index is 0.266. The Bertz CT molecular complexity index is 526. The van der Waals surface area contributed by atoms with E-state index in [1.165, 1.54) is 12.4 Å². The van der Waals surface area contributed by atoms with Crippen molar-refractivity contribution in [1.29, 1.82) is 5.26 Å². The van der Waals surface area contributed by atoms with E-state index in [-0.39, 0.29) is 16.4 Å². The molecular formula is C9H6ClN5. The first kappa shape index (κ1) is 9.49. The van der Waals surface area contributed by atoms with Gasteiger partial charge >= 0.3 is 0 Å². The highest BCUT2D eigenvalue weighted by atomic mass is 35.5. The van der Waals surface area contributed by atoms with Crippen molar-refractivity contribution in [3.63, 3.8) is 0 Å². The molecule has 0 aliphatic carbocycles. The van der Waals surface area contributed by atoms with Crippen molar-refractivity contribution in [2.24, 2.45) is 0 Å². The summed E-state index contributed by atoms with van der Waals surface area (Å²) in [5.41, 5.74) is 5.83. The zero-order chi connectivity index (χ0) is 10.8. The highest BCUT2D eigenvalue weighted by Gasteiger charge is 2.11. The van der Waals surface area contributed by atoms with Gasteiger partial charge in [0.05, 0.1) is 5.02 Å². The van der Waals surface area contributed by atoms with E-state index >= 15 is 0 Å². The molecule has 0 saturated heterocycles. The molecule has 0 radical (unpaired) electrons. The number of nitrogens with two attached hydrogens (primary N) is 1. The SMILES string of the molecule is N#Cc1c(Cl)cc(N)nc1-n1ccnc1. The molecule has 2 N–H and O–H groups in total. The average molecular weight is 220 g/mol. The van der Waals surface area contributed by atoms with E-state index in [0.717, 1.165) is 0 Å². The van der Waals surface area contributed by atoms with Crippen LogP contribution in [0, 0.1) is 11.3 Å². The van der Waals surface area contributed by atoms with Crippen LogP contribution in [0.15, 0.2) is 24.8 Å². The monoisotopic (exact) mass is 219 g/mol. The lowest BCUT2D eigenvalue weighted by molar-refractivity contribution is 0.990. The van der Waals surface area contributed by atoms with E-state index in [1.54, 1.807) is 17.0 Å². The van der Waals surface area contributed by atoms with E-state index in [0.29, 0.717) is 5.82 Å². The molecule has 0 fully saturated rings. The number of halogens is 1. The molecule has 2 aromatic rings. The normalized spacial score (nSPS) is 9.87. The third-order valence-corrected chi connectivity index (χ3v) is 2.13. The number of nitriles is 1. The lowest BCUT2D eigenvalue weighted by Gasteiger charge is -2.05. The van der Waals surface area contributed by atoms with Crippen LogP contribution in [0.2, 0.25) is 5.02 Å². The highest BCUT2D eigenvalue weighted by Crippen LogP contribution is 2.22. The maximum Gasteiger partial charge on any atom is 0.159 e. The van der Waals surface area contributed by atoms with Crippen LogP contribution in [0.1, 0.15) is 5.56 Å². The molecule has 0 aliphatic heterocycles. The van der Waals surface area contributed by atoms with Gasteiger partial charge in [-0.15, -0.1) is 0 Å². The van der Waals surface area contributed by atoms with Crippen molar-refractivity contribution in [3.8, 4) is 11.9 Å². The Balaban J connectivity index is 2.71. The zero-order valence-corrected chi connectivity index (χ0v) is 8.31. The van der Waals surface area contributed by atoms with Gasteiger partial charge in [-0.2, -0.15) is 5.26 Å². The van der Waals surface area contributed by atoms with Crippen LogP contribution in [0.4, 0.5) is 5.82 Å². The lowest BCUT2D eigenvalue weighted by atomic mass is 10.2. The third kappa shape index (κ3) is 1.63. The number of imidazole rings is 1. The molecule has 2 aromatic heterocycles. The smallest absolute Gasteiger partial charge is 0.159 e. The topological polar surface area (TPSA) is 80.5 Å². The number of hydrogen-bond acceptors (Lipinski definition) is 4. The summed E-state index contributed by atoms with van der Waals surface area (Å²) in [7, 11) is 0. The summed E-state index contributed by atoms with van der Waals surface area (Å²) in [5, 5.41) is 9.23. The molecule has 0 saturated carbocycles. The van der Waals surface area contributed by atoms with Crippen LogP contribution >= 0.6 is 11.6 Å². The van der Waals surface area contributed by atoms with Gasteiger partial charge in [0.25, 0.3) is 0 Å². The minimum Gasteiger partial charge on any atom is -0.384 e. The summed E-state index contributed by atoms with van der Waals surface area (Å²) in [5.74, 6) is 0.655. The van der Waals surface area contributed by atoms with Gasteiger partial charge < -0.3 is 5.73 Å². The number of nitrogen functional groups attached to an aromatic ring is 1. The fourth-order valence-electron chi connectivity index (χ4n) is 1.19. The molecule has 15 heavy (non-hydrogen) atoms. The summed E-state index contributed by atoms with van der Waals surface area (Å²) in [6.07, 6.45) is 4.78. The summed E-state index contributed by atoms with van der Waals surface area (Å²) in [4.78, 5) is 7.90. The van der Waals surface area contributed by atoms with Crippen LogP contribution < -0.4 is 5.73 Å². The molecule has 5 nitrogen and oxygen atoms in total. The first-order valence-corrected chi connectivity index (χ1v) is 4.44. The van der Waals surface area contributed by atoms with Gasteiger partial charge in [-0.25, -0.2) is 9.97 Å². The molecule has 2 rings (SSSR count). The highest BCUT2D eigenvalue weighted by molar-refractivity contribution is 6.32. The summed E-state index contributed by atoms with van der Waals surface area (Å²) in [6.45, 7) is 0. The standard InChI is InChI=1S/C9H6ClN5/c10-7-3-8(12)14-9(6(7)4-11)15-2-1-13-5-15/h1-3,5H,(H2,12,14). The lowest BCUT2D eigenvalue weighted by Crippen LogP contribution is -2.02. The summed E-state index contributed by atoms with van der Waals surface area (Å²) < 4.78 is 1.58. The Kier molecular flexibility index (Phi) is 2.27. The van der Waals surface area contributed by atoms with Crippen molar-refractivity contribution in [2.75, 3.05) is 5.73 Å². The van der Waals surface area contributed by atoms with Crippen LogP contribution in [-0.2, 0) is 0 Å². The predicted octanol–water partition coefficient (Wildman–Crippen LogP) is 1.37. The molecule has 6 heteroatoms. The summed E-state index contributed by atoms with van der Waals surface area (Å²) in [6, 6.07) is 3.43. The number of aromatic nitrogens is 3. The average Bonchev–Trinajstić information content (AvgIpc) is 2.69. The Hall–Kier alpha value is -2.06. The van der Waals surface area contributed by atoms with Crippen LogP contribution in [0.5, 0.6) is 0 Å². The maximum absolute atomic E-state index is 8.94. The van der Waals surface area contributed by atoms with Gasteiger partial charge in [-0.1, -0.05) is 11.6 Å². The van der Waals surface area contributed by atoms with E-state index in [2.05, 4.69) is 9.97 Å². The molecule has 2 heterocycles. The molecule has 0 spiro atoms. The summed E-state index contributed by atoms with van der Waals surface area (Å²) >= 11 is 5.88. The number of anilines is 1. The van der Waals surface area contributed by atoms with E-state index in [1.807, 2.05) is 6.07 Å². The molecule has 0 aromatic carbocycles. The number of nitrogens with zero attached hydrogens (tertiary/aromatic N) is 4. The maximum atomic E-state index is 8.94. The Morgan fingerprint density at radius 2 is 2.33 bits per heavy atom. The third-order valence-electron chi connectivity index (χ3n) is 1.83. The fourth-order valence-corrected chi connectivity index (χ4v) is 1.43. The Labute approximate surface area is 90.7 Å². The second-order valence-corrected chi connectivity index (χ2v) is 3.22. The first-order chi connectivity index (χ1) is 7.22. The van der Waals surface area contributed by atoms with Crippen LogP contribution in [0.3, 0.4) is 0 Å². The van der Waals surface area contributed by atoms with Crippen LogP contribution in [-0.4, -0.2) is 14.5 Å². The van der Waals surface area contributed by atoms with E-state index < -0.39 is 0 Å². The molecule has 0 atom stereocenters. The molecule has 0 unspecified atom stereocenters. The molecule has 0 bridgehead atoms. The van der Waals surface area contributed by atoms with Gasteiger partial charge in [0.1, 0.15) is 23.8 Å². The molecule has 0 amide bonds. The Morgan fingerprint density at radius 1 is 1.53 bits per heavy atom. The fraction of sp³-hybridized carbons (Fsp3) is 0. The van der Waals surface area contributed by atoms with Crippen molar-refractivity contribution >= 4 is 17.4 Å². The largest absolute Gasteiger partial charge is 0.384 e. The van der Waals surface area contributed by atoms with Gasteiger partial charge in [0.15, 0.2) is 5.82 Å². The molecule has 0 aliphatic rings. The number of pyridine rings is 1. The van der Waals surface area contributed by atoms with Gasteiger partial charge in [-0.05, 0) is 0 Å². The molecular weight excluding hydrogens is 214 g/mol. The van der Waals surface area contributed by atoms with Gasteiger partial charge in [0.2, 0.25) is 0 Å². The van der Waals surface area contributed by atoms with E-state index in [9.17, 15) is 0 Å². The molecule has 74 valence electrons. The number of rotatable bonds is 1. The van der Waals surface area contributed by atoms with Crippen molar-refractivity contribution in [1.82, 2.24) is 14.5 Å². The van der Waals surface area contributed by atoms with Crippen molar-refractivity contribution in [3.05, 3.63) is 35.4 Å². The van der Waals surface area contributed by atoms with Crippen molar-refractivity contribution in [2.45, 2.75) is 0 Å². The van der Waals surface area contributed by atoms with Gasteiger partial charge in [0, 0.05) is 18.5 Å².